The molecule has 138 valence electrons. The molecule has 7 heteroatoms. The Morgan fingerprint density at radius 1 is 1.16 bits per heavy atom. The van der Waals surface area contributed by atoms with E-state index in [0.29, 0.717) is 0 Å². The number of hydrogen-bond donors (Lipinski definition) is 0. The molecule has 0 saturated heterocycles. The van der Waals surface area contributed by atoms with E-state index in [9.17, 15) is 19.5 Å². The summed E-state index contributed by atoms with van der Waals surface area (Å²) in [5.41, 5.74) is 0.0781. The molecular weight excluding hydrogens is 326 g/mol. The van der Waals surface area contributed by atoms with Crippen LogP contribution in [0, 0.1) is 0 Å². The normalized spacial score (nSPS) is 12.2. The van der Waals surface area contributed by atoms with Gasteiger partial charge in [-0.15, -0.1) is 0 Å². The highest BCUT2D eigenvalue weighted by Gasteiger charge is 2.26. The summed E-state index contributed by atoms with van der Waals surface area (Å²) in [7, 11) is 1.30. The molecule has 7 nitrogen and oxygen atoms in total. The van der Waals surface area contributed by atoms with Crippen molar-refractivity contribution in [3.8, 4) is 0 Å². The zero-order valence-electron chi connectivity index (χ0n) is 15.0. The Morgan fingerprint density at radius 2 is 1.76 bits per heavy atom. The van der Waals surface area contributed by atoms with Gasteiger partial charge in [0, 0.05) is 13.5 Å². The van der Waals surface area contributed by atoms with Gasteiger partial charge in [-0.25, -0.2) is 4.79 Å². The molecule has 0 aliphatic heterocycles. The Morgan fingerprint density at radius 3 is 2.28 bits per heavy atom. The fraction of sp³-hybridized carbons (Fsp3) is 0.500. The van der Waals surface area contributed by atoms with Gasteiger partial charge in [0.15, 0.2) is 0 Å². The maximum absolute atomic E-state index is 12.0. The van der Waals surface area contributed by atoms with Crippen molar-refractivity contribution in [3.05, 3.63) is 35.9 Å². The van der Waals surface area contributed by atoms with E-state index in [1.807, 2.05) is 30.3 Å². The zero-order valence-corrected chi connectivity index (χ0v) is 15.0. The summed E-state index contributed by atoms with van der Waals surface area (Å²) in [6.45, 7) is 5.13. The summed E-state index contributed by atoms with van der Waals surface area (Å²) in [6, 6.07) is 7.85. The first-order valence-electron chi connectivity index (χ1n) is 7.96. The van der Waals surface area contributed by atoms with Gasteiger partial charge in [0.1, 0.15) is 12.2 Å². The fourth-order valence-corrected chi connectivity index (χ4v) is 2.00. The van der Waals surface area contributed by atoms with Crippen LogP contribution in [0.15, 0.2) is 30.3 Å². The van der Waals surface area contributed by atoms with E-state index in [1.54, 1.807) is 20.8 Å². The van der Waals surface area contributed by atoms with Crippen LogP contribution in [0.1, 0.15) is 39.2 Å². The molecule has 25 heavy (non-hydrogen) atoms. The molecule has 1 aromatic rings. The number of aliphatic carboxylic acids is 1. The lowest BCUT2D eigenvalue weighted by molar-refractivity contribution is -0.311. The van der Waals surface area contributed by atoms with Gasteiger partial charge in [-0.05, 0) is 32.8 Å². The van der Waals surface area contributed by atoms with Crippen molar-refractivity contribution in [3.63, 3.8) is 0 Å². The number of carboxylic acid groups (broad SMARTS) is 1. The molecule has 0 bridgehead atoms. The van der Waals surface area contributed by atoms with Gasteiger partial charge in [0.25, 0.3) is 0 Å². The van der Waals surface area contributed by atoms with Crippen LogP contribution in [0.3, 0.4) is 0 Å². The molecule has 0 N–H and O–H groups in total. The third-order valence-corrected chi connectivity index (χ3v) is 3.29. The molecule has 0 radical (unpaired) electrons. The van der Waals surface area contributed by atoms with Crippen molar-refractivity contribution in [2.24, 2.45) is 0 Å². The average molecular weight is 350 g/mol. The molecule has 0 aliphatic rings. The maximum atomic E-state index is 12.0. The molecule has 0 fully saturated rings. The second-order valence-corrected chi connectivity index (χ2v) is 6.61. The Labute approximate surface area is 147 Å². The Hall–Kier alpha value is -2.57. The van der Waals surface area contributed by atoms with Gasteiger partial charge in [0.05, 0.1) is 12.0 Å². The number of hydrogen-bond acceptors (Lipinski definition) is 6. The molecule has 1 amide bonds. The Balaban J connectivity index is 2.53. The molecule has 0 saturated carbocycles. The van der Waals surface area contributed by atoms with Gasteiger partial charge in [-0.1, -0.05) is 30.3 Å². The third kappa shape index (κ3) is 7.69. The first-order valence-corrected chi connectivity index (χ1v) is 7.96. The largest absolute Gasteiger partial charge is 0.548 e. The molecule has 0 heterocycles. The predicted molar refractivity (Wildman–Crippen MR) is 88.3 cm³/mol. The summed E-state index contributed by atoms with van der Waals surface area (Å²) in [6.07, 6.45) is -1.07. The smallest absolute Gasteiger partial charge is 0.410 e. The lowest BCUT2D eigenvalue weighted by Gasteiger charge is -2.31. The zero-order chi connectivity index (χ0) is 19.0. The van der Waals surface area contributed by atoms with E-state index in [0.717, 1.165) is 10.5 Å². The van der Waals surface area contributed by atoms with Crippen LogP contribution < -0.4 is 5.11 Å². The van der Waals surface area contributed by atoms with E-state index in [4.69, 9.17) is 9.47 Å². The van der Waals surface area contributed by atoms with Gasteiger partial charge in [-0.2, -0.15) is 0 Å². The fourth-order valence-electron chi connectivity index (χ4n) is 2.00. The lowest BCUT2D eigenvalue weighted by Crippen LogP contribution is -2.50. The van der Waals surface area contributed by atoms with E-state index >= 15 is 0 Å². The van der Waals surface area contributed by atoms with Crippen LogP contribution in [-0.4, -0.2) is 41.6 Å². The highest BCUT2D eigenvalue weighted by Crippen LogP contribution is 2.13. The minimum absolute atomic E-state index is 0.109. The number of carboxylic acids is 1. The van der Waals surface area contributed by atoms with Crippen molar-refractivity contribution in [1.29, 1.82) is 0 Å². The van der Waals surface area contributed by atoms with Gasteiger partial charge in [0.2, 0.25) is 0 Å². The first-order chi connectivity index (χ1) is 11.6. The molecule has 1 atom stereocenters. The van der Waals surface area contributed by atoms with Crippen molar-refractivity contribution >= 4 is 18.0 Å². The highest BCUT2D eigenvalue weighted by molar-refractivity contribution is 5.79. The molecule has 1 rings (SSSR count). The van der Waals surface area contributed by atoms with Crippen LogP contribution in [0.2, 0.25) is 0 Å². The van der Waals surface area contributed by atoms with Crippen LogP contribution >= 0.6 is 0 Å². The maximum Gasteiger partial charge on any atom is 0.410 e. The molecule has 1 aromatic carbocycles. The average Bonchev–Trinajstić information content (AvgIpc) is 2.52. The summed E-state index contributed by atoms with van der Waals surface area (Å²) < 4.78 is 10.2. The van der Waals surface area contributed by atoms with Gasteiger partial charge in [-0.3, -0.25) is 4.79 Å². The molecule has 0 aromatic heterocycles. The number of benzene rings is 1. The van der Waals surface area contributed by atoms with E-state index in [1.165, 1.54) is 7.05 Å². The highest BCUT2D eigenvalue weighted by atomic mass is 16.6. The number of nitrogens with zero attached hydrogens (tertiary/aromatic N) is 1. The van der Waals surface area contributed by atoms with Crippen molar-refractivity contribution in [1.82, 2.24) is 4.90 Å². The monoisotopic (exact) mass is 350 g/mol. The van der Waals surface area contributed by atoms with Gasteiger partial charge < -0.3 is 24.3 Å². The van der Waals surface area contributed by atoms with Crippen LogP contribution in [0.4, 0.5) is 4.79 Å². The van der Waals surface area contributed by atoms with Crippen LogP contribution in [0.25, 0.3) is 0 Å². The van der Waals surface area contributed by atoms with Crippen LogP contribution in [-0.2, 0) is 25.7 Å². The SMILES string of the molecule is CN(C(=O)OC(C)(C)C)[C@@H](CCC(=O)OCc1ccccc1)C(=O)[O-]. The minimum Gasteiger partial charge on any atom is -0.548 e. The standard InChI is InChI=1S/C18H25NO6/c1-18(2,3)25-17(23)19(4)14(16(21)22)10-11-15(20)24-12-13-8-6-5-7-9-13/h5-9,14H,10-12H2,1-4H3,(H,21,22)/p-1/t14-/m0/s1. The first kappa shape index (κ1) is 20.5. The number of rotatable bonds is 7. The van der Waals surface area contributed by atoms with E-state index < -0.39 is 29.7 Å². The predicted octanol–water partition coefficient (Wildman–Crippen LogP) is 1.50. The number of esters is 1. The molecule has 0 spiro atoms. The summed E-state index contributed by atoms with van der Waals surface area (Å²) in [5, 5.41) is 11.3. The van der Waals surface area contributed by atoms with Crippen LogP contribution in [0.5, 0.6) is 0 Å². The minimum atomic E-state index is -1.45. The lowest BCUT2D eigenvalue weighted by atomic mass is 10.1. The second-order valence-electron chi connectivity index (χ2n) is 6.61. The number of carbonyl (C=O) groups excluding carboxylic acids is 3. The topological polar surface area (TPSA) is 96.0 Å². The van der Waals surface area contributed by atoms with E-state index in [-0.39, 0.29) is 19.4 Å². The third-order valence-electron chi connectivity index (χ3n) is 3.29. The van der Waals surface area contributed by atoms with Crippen molar-refractivity contribution in [2.75, 3.05) is 7.05 Å². The molecule has 0 unspecified atom stereocenters. The number of likely N-dealkylation sites (N-methyl/N-ethyl adjacent to an activating group) is 1. The van der Waals surface area contributed by atoms with Gasteiger partial charge >= 0.3 is 12.1 Å². The Bertz CT molecular complexity index is 593. The number of amides is 1. The second kappa shape index (κ2) is 9.05. The Kier molecular flexibility index (Phi) is 7.42. The van der Waals surface area contributed by atoms with Crippen molar-refractivity contribution < 1.29 is 29.0 Å². The summed E-state index contributed by atoms with van der Waals surface area (Å²) in [5.74, 6) is -2.00. The molecular formula is C18H24NO6-. The van der Waals surface area contributed by atoms with Crippen molar-refractivity contribution in [2.45, 2.75) is 51.9 Å². The summed E-state index contributed by atoms with van der Waals surface area (Å²) in [4.78, 5) is 36.0. The number of ether oxygens (including phenoxy) is 2. The number of carbonyl (C=O) groups is 3. The quantitative estimate of drug-likeness (QED) is 0.692. The molecule has 0 aliphatic carbocycles. The van der Waals surface area contributed by atoms with E-state index in [2.05, 4.69) is 0 Å². The summed E-state index contributed by atoms with van der Waals surface area (Å²) >= 11 is 0.